The molecule has 2 aromatic rings. The number of carbonyl (C=O) groups is 2. The smallest absolute Gasteiger partial charge is 0.245 e. The number of amides is 2. The summed E-state index contributed by atoms with van der Waals surface area (Å²) in [6, 6.07) is 8.28. The van der Waals surface area contributed by atoms with E-state index < -0.39 is 6.04 Å². The molecule has 0 saturated heterocycles. The quantitative estimate of drug-likeness (QED) is 0.323. The van der Waals surface area contributed by atoms with E-state index >= 15 is 0 Å². The van der Waals surface area contributed by atoms with Crippen LogP contribution in [0.1, 0.15) is 49.0 Å². The van der Waals surface area contributed by atoms with E-state index in [0.717, 1.165) is 36.1 Å². The zero-order valence-electron chi connectivity index (χ0n) is 20.1. The minimum Gasteiger partial charge on any atom is -0.493 e. The lowest BCUT2D eigenvalue weighted by atomic mass is 9.85. The second kappa shape index (κ2) is 13.3. The molecule has 4 N–H and O–H groups in total. The predicted octanol–water partition coefficient (Wildman–Crippen LogP) is 4.05. The molecule has 0 aliphatic heterocycles. The Balaban J connectivity index is 1.64. The monoisotopic (exact) mass is 520 g/mol. The first-order chi connectivity index (χ1) is 16.9. The van der Waals surface area contributed by atoms with Crippen molar-refractivity contribution < 1.29 is 19.1 Å². The van der Waals surface area contributed by atoms with Crippen LogP contribution >= 0.6 is 22.9 Å². The molecule has 1 atom stereocenters. The van der Waals surface area contributed by atoms with E-state index in [2.05, 4.69) is 15.6 Å². The Morgan fingerprint density at radius 1 is 1.14 bits per heavy atom. The van der Waals surface area contributed by atoms with Crippen molar-refractivity contribution >= 4 is 40.7 Å². The standard InChI is InChI=1S/C25H33ClN4O4S/c1-33-20-10-8-17(13-21(20)34-2)14-23(31)30-25(27)29-19(12-16-6-4-3-5-7-16)24(32)28-15-18-9-11-22(26)35-18/h8-11,13,16,19H,3-7,12,14-15H2,1-2H3,(H,28,32)(H3,27,29,30,31)/t19-/m1/s1. The van der Waals surface area contributed by atoms with Gasteiger partial charge in [-0.25, -0.2) is 4.99 Å². The number of aliphatic imine (C=N–C) groups is 1. The van der Waals surface area contributed by atoms with Crippen molar-refractivity contribution in [3.63, 3.8) is 0 Å². The van der Waals surface area contributed by atoms with E-state index in [1.807, 2.05) is 6.07 Å². The Labute approximate surface area is 215 Å². The Morgan fingerprint density at radius 2 is 1.89 bits per heavy atom. The summed E-state index contributed by atoms with van der Waals surface area (Å²) in [6.45, 7) is 0.373. The number of ether oxygens (including phenoxy) is 2. The first-order valence-corrected chi connectivity index (χ1v) is 12.9. The third-order valence-corrected chi connectivity index (χ3v) is 7.26. The average Bonchev–Trinajstić information content (AvgIpc) is 3.27. The van der Waals surface area contributed by atoms with Crippen LogP contribution in [0, 0.1) is 5.92 Å². The van der Waals surface area contributed by atoms with Crippen molar-refractivity contribution in [1.29, 1.82) is 0 Å². The summed E-state index contributed by atoms with van der Waals surface area (Å²) in [5.41, 5.74) is 6.80. The Bertz CT molecular complexity index is 1040. The van der Waals surface area contributed by atoms with E-state index in [-0.39, 0.29) is 24.2 Å². The summed E-state index contributed by atoms with van der Waals surface area (Å²) in [7, 11) is 3.09. The normalized spacial score (nSPS) is 15.3. The molecule has 0 spiro atoms. The Hall–Kier alpha value is -2.78. The number of halogens is 1. The topological polar surface area (TPSA) is 115 Å². The number of guanidine groups is 1. The number of nitrogens with one attached hydrogen (secondary N) is 2. The van der Waals surface area contributed by atoms with Crippen molar-refractivity contribution in [3.05, 3.63) is 45.1 Å². The number of hydrogen-bond acceptors (Lipinski definition) is 6. The zero-order valence-corrected chi connectivity index (χ0v) is 21.7. The van der Waals surface area contributed by atoms with E-state index in [1.54, 1.807) is 31.4 Å². The van der Waals surface area contributed by atoms with Gasteiger partial charge in [0.2, 0.25) is 11.8 Å². The van der Waals surface area contributed by atoms with Gasteiger partial charge in [0.05, 0.1) is 31.5 Å². The maximum Gasteiger partial charge on any atom is 0.245 e. The molecule has 3 rings (SSSR count). The van der Waals surface area contributed by atoms with E-state index in [4.69, 9.17) is 26.8 Å². The van der Waals surface area contributed by atoms with Gasteiger partial charge in [0.1, 0.15) is 6.04 Å². The lowest BCUT2D eigenvalue weighted by Gasteiger charge is -2.24. The Morgan fingerprint density at radius 3 is 2.54 bits per heavy atom. The number of nitrogens with zero attached hydrogens (tertiary/aromatic N) is 1. The molecule has 0 unspecified atom stereocenters. The van der Waals surface area contributed by atoms with Crippen LogP contribution in [0.25, 0.3) is 0 Å². The Kier molecular flexibility index (Phi) is 10.2. The van der Waals surface area contributed by atoms with Crippen molar-refractivity contribution in [2.45, 2.75) is 57.5 Å². The molecule has 1 aliphatic carbocycles. The average molecular weight is 521 g/mol. The van der Waals surface area contributed by atoms with E-state index in [0.29, 0.717) is 34.7 Å². The number of thiophene rings is 1. The highest BCUT2D eigenvalue weighted by Crippen LogP contribution is 2.29. The van der Waals surface area contributed by atoms with Gasteiger partial charge in [-0.15, -0.1) is 11.3 Å². The van der Waals surface area contributed by atoms with Crippen LogP contribution in [-0.2, 0) is 22.6 Å². The van der Waals surface area contributed by atoms with Gasteiger partial charge in [-0.3, -0.25) is 14.9 Å². The molecule has 2 amide bonds. The van der Waals surface area contributed by atoms with Crippen molar-refractivity contribution in [2.24, 2.45) is 16.6 Å². The lowest BCUT2D eigenvalue weighted by Crippen LogP contribution is -2.42. The van der Waals surface area contributed by atoms with Gasteiger partial charge in [-0.2, -0.15) is 0 Å². The fourth-order valence-corrected chi connectivity index (χ4v) is 5.29. The molecule has 190 valence electrons. The molecular formula is C25H33ClN4O4S. The van der Waals surface area contributed by atoms with Gasteiger partial charge in [-0.1, -0.05) is 49.8 Å². The summed E-state index contributed by atoms with van der Waals surface area (Å²) >= 11 is 7.41. The van der Waals surface area contributed by atoms with Crippen LogP contribution in [0.2, 0.25) is 4.34 Å². The molecule has 0 bridgehead atoms. The highest BCUT2D eigenvalue weighted by molar-refractivity contribution is 7.16. The highest BCUT2D eigenvalue weighted by Gasteiger charge is 2.25. The number of rotatable bonds is 10. The van der Waals surface area contributed by atoms with Gasteiger partial charge in [0.15, 0.2) is 17.5 Å². The largest absolute Gasteiger partial charge is 0.493 e. The summed E-state index contributed by atoms with van der Waals surface area (Å²) in [6.07, 6.45) is 6.38. The summed E-state index contributed by atoms with van der Waals surface area (Å²) in [4.78, 5) is 30.9. The molecule has 1 saturated carbocycles. The van der Waals surface area contributed by atoms with Gasteiger partial charge >= 0.3 is 0 Å². The van der Waals surface area contributed by atoms with Crippen molar-refractivity contribution in [2.75, 3.05) is 14.2 Å². The first kappa shape index (κ1) is 26.8. The summed E-state index contributed by atoms with van der Waals surface area (Å²) in [5.74, 6) is 0.927. The second-order valence-electron chi connectivity index (χ2n) is 8.61. The van der Waals surface area contributed by atoms with E-state index in [9.17, 15) is 9.59 Å². The molecule has 8 nitrogen and oxygen atoms in total. The van der Waals surface area contributed by atoms with Crippen LogP contribution in [-0.4, -0.2) is 38.0 Å². The number of hydrogen-bond donors (Lipinski definition) is 3. The fourth-order valence-electron chi connectivity index (χ4n) is 4.26. The number of benzene rings is 1. The maximum absolute atomic E-state index is 13.0. The molecule has 35 heavy (non-hydrogen) atoms. The lowest BCUT2D eigenvalue weighted by molar-refractivity contribution is -0.123. The molecule has 1 fully saturated rings. The molecule has 1 aromatic heterocycles. The molecule has 0 radical (unpaired) electrons. The molecule has 10 heteroatoms. The third-order valence-electron chi connectivity index (χ3n) is 6.02. The summed E-state index contributed by atoms with van der Waals surface area (Å²) in [5, 5.41) is 5.55. The van der Waals surface area contributed by atoms with Crippen LogP contribution in [0.5, 0.6) is 11.5 Å². The highest BCUT2D eigenvalue weighted by atomic mass is 35.5. The van der Waals surface area contributed by atoms with Gasteiger partial charge in [0, 0.05) is 4.88 Å². The van der Waals surface area contributed by atoms with Crippen LogP contribution in [0.15, 0.2) is 35.3 Å². The minimum atomic E-state index is -0.671. The van der Waals surface area contributed by atoms with Crippen molar-refractivity contribution in [3.8, 4) is 11.5 Å². The van der Waals surface area contributed by atoms with Gasteiger partial charge in [0.25, 0.3) is 0 Å². The van der Waals surface area contributed by atoms with Crippen molar-refractivity contribution in [1.82, 2.24) is 10.6 Å². The van der Waals surface area contributed by atoms with Crippen LogP contribution in [0.3, 0.4) is 0 Å². The number of carbonyl (C=O) groups excluding carboxylic acids is 2. The molecule has 1 aliphatic rings. The SMILES string of the molecule is COc1ccc(CC(=O)NC(N)=N[C@H](CC2CCCCC2)C(=O)NCc2ccc(Cl)s2)cc1OC. The third kappa shape index (κ3) is 8.43. The van der Waals surface area contributed by atoms with Crippen LogP contribution in [0.4, 0.5) is 0 Å². The number of nitrogens with two attached hydrogens (primary N) is 1. The predicted molar refractivity (Wildman–Crippen MR) is 139 cm³/mol. The molecular weight excluding hydrogens is 488 g/mol. The number of methoxy groups -OCH3 is 2. The first-order valence-electron chi connectivity index (χ1n) is 11.7. The zero-order chi connectivity index (χ0) is 25.2. The van der Waals surface area contributed by atoms with Gasteiger partial charge in [-0.05, 0) is 42.2 Å². The van der Waals surface area contributed by atoms with Gasteiger partial charge < -0.3 is 20.5 Å². The molecule has 1 aromatic carbocycles. The second-order valence-corrected chi connectivity index (χ2v) is 10.4. The van der Waals surface area contributed by atoms with Crippen LogP contribution < -0.4 is 25.8 Å². The fraction of sp³-hybridized carbons (Fsp3) is 0.480. The minimum absolute atomic E-state index is 0.0643. The summed E-state index contributed by atoms with van der Waals surface area (Å²) < 4.78 is 11.2. The molecule has 1 heterocycles. The maximum atomic E-state index is 13.0. The van der Waals surface area contributed by atoms with E-state index in [1.165, 1.54) is 24.9 Å².